The maximum absolute atomic E-state index is 8.88. The first kappa shape index (κ1) is 12.8. The second kappa shape index (κ2) is 5.83. The first-order valence-corrected chi connectivity index (χ1v) is 6.35. The summed E-state index contributed by atoms with van der Waals surface area (Å²) in [7, 11) is 0. The Morgan fingerprint density at radius 2 is 1.72 bits per heavy atom. The average molecular weight is 239 g/mol. The zero-order valence-electron chi connectivity index (χ0n) is 11.0. The fraction of sp³-hybridized carbons (Fsp3) is 0.294. The lowest BCUT2D eigenvalue weighted by Gasteiger charge is -2.07. The lowest BCUT2D eigenvalue weighted by atomic mass is 9.98. The number of rotatable bonds is 4. The van der Waals surface area contributed by atoms with Crippen LogP contribution >= 0.6 is 0 Å². The molecular weight excluding hydrogens is 220 g/mol. The van der Waals surface area contributed by atoms with Crippen LogP contribution in [-0.4, -0.2) is 11.7 Å². The number of benzene rings is 2. The SMILES string of the molecule is Cc1c[c]c(Cc2ccc(CCO)cc2)c(C)c1. The second-order valence-electron chi connectivity index (χ2n) is 4.81. The van der Waals surface area contributed by atoms with E-state index >= 15 is 0 Å². The molecule has 0 bridgehead atoms. The summed E-state index contributed by atoms with van der Waals surface area (Å²) < 4.78 is 0. The van der Waals surface area contributed by atoms with E-state index in [-0.39, 0.29) is 6.61 Å². The zero-order chi connectivity index (χ0) is 13.0. The van der Waals surface area contributed by atoms with E-state index in [1.165, 1.54) is 27.8 Å². The minimum Gasteiger partial charge on any atom is -0.396 e. The van der Waals surface area contributed by atoms with Crippen molar-refractivity contribution in [3.63, 3.8) is 0 Å². The Balaban J connectivity index is 2.13. The molecule has 0 heterocycles. The first-order chi connectivity index (χ1) is 8.69. The van der Waals surface area contributed by atoms with Crippen LogP contribution in [0.2, 0.25) is 0 Å². The Bertz CT molecular complexity index is 512. The molecule has 0 fully saturated rings. The maximum Gasteiger partial charge on any atom is 0.0471 e. The summed E-state index contributed by atoms with van der Waals surface area (Å²) in [6, 6.07) is 16.1. The van der Waals surface area contributed by atoms with Gasteiger partial charge in [-0.3, -0.25) is 0 Å². The Kier molecular flexibility index (Phi) is 4.16. The van der Waals surface area contributed by atoms with Crippen LogP contribution in [0.5, 0.6) is 0 Å². The maximum atomic E-state index is 8.88. The fourth-order valence-electron chi connectivity index (χ4n) is 2.13. The van der Waals surface area contributed by atoms with Crippen LogP contribution in [0.25, 0.3) is 0 Å². The molecule has 0 unspecified atom stereocenters. The van der Waals surface area contributed by atoms with E-state index in [0.29, 0.717) is 0 Å². The van der Waals surface area contributed by atoms with Crippen LogP contribution in [0.3, 0.4) is 0 Å². The normalized spacial score (nSPS) is 10.6. The third kappa shape index (κ3) is 3.21. The Morgan fingerprint density at radius 3 is 2.33 bits per heavy atom. The van der Waals surface area contributed by atoms with Crippen molar-refractivity contribution in [1.29, 1.82) is 0 Å². The quantitative estimate of drug-likeness (QED) is 0.868. The molecular formula is C17H19O. The molecule has 0 aliphatic heterocycles. The number of aliphatic hydroxyl groups is 1. The molecule has 1 N–H and O–H groups in total. The molecule has 1 radical (unpaired) electrons. The zero-order valence-corrected chi connectivity index (χ0v) is 11.0. The van der Waals surface area contributed by atoms with Crippen molar-refractivity contribution in [3.8, 4) is 0 Å². The third-order valence-corrected chi connectivity index (χ3v) is 3.20. The van der Waals surface area contributed by atoms with Gasteiger partial charge in [0, 0.05) is 6.61 Å². The van der Waals surface area contributed by atoms with Crippen molar-refractivity contribution in [2.24, 2.45) is 0 Å². The Hall–Kier alpha value is -1.60. The van der Waals surface area contributed by atoms with Crippen molar-refractivity contribution in [1.82, 2.24) is 0 Å². The molecule has 0 saturated carbocycles. The van der Waals surface area contributed by atoms with Gasteiger partial charge in [0.1, 0.15) is 0 Å². The molecule has 2 aromatic carbocycles. The van der Waals surface area contributed by atoms with Gasteiger partial charge in [0.05, 0.1) is 0 Å². The van der Waals surface area contributed by atoms with Gasteiger partial charge in [-0.15, -0.1) is 0 Å². The van der Waals surface area contributed by atoms with E-state index in [4.69, 9.17) is 5.11 Å². The molecule has 93 valence electrons. The number of aliphatic hydroxyl groups excluding tert-OH is 1. The highest BCUT2D eigenvalue weighted by atomic mass is 16.2. The largest absolute Gasteiger partial charge is 0.396 e. The topological polar surface area (TPSA) is 20.2 Å². The molecule has 0 saturated heterocycles. The van der Waals surface area contributed by atoms with Gasteiger partial charge in [0.15, 0.2) is 0 Å². The van der Waals surface area contributed by atoms with E-state index in [1.807, 2.05) is 6.07 Å². The van der Waals surface area contributed by atoms with Crippen molar-refractivity contribution >= 4 is 0 Å². The lowest BCUT2D eigenvalue weighted by molar-refractivity contribution is 0.299. The minimum atomic E-state index is 0.212. The molecule has 1 heteroatoms. The molecule has 0 aliphatic rings. The number of aryl methyl sites for hydroxylation is 2. The molecule has 0 atom stereocenters. The molecule has 2 aromatic rings. The Labute approximate surface area is 109 Å². The molecule has 0 amide bonds. The van der Waals surface area contributed by atoms with Gasteiger partial charge in [-0.25, -0.2) is 0 Å². The average Bonchev–Trinajstić information content (AvgIpc) is 2.35. The highest BCUT2D eigenvalue weighted by molar-refractivity contribution is 5.34. The van der Waals surface area contributed by atoms with E-state index < -0.39 is 0 Å². The molecule has 0 aromatic heterocycles. The van der Waals surface area contributed by atoms with Crippen LogP contribution in [0, 0.1) is 19.9 Å². The summed E-state index contributed by atoms with van der Waals surface area (Å²) in [5, 5.41) is 8.88. The second-order valence-corrected chi connectivity index (χ2v) is 4.81. The van der Waals surface area contributed by atoms with Crippen molar-refractivity contribution in [3.05, 3.63) is 70.3 Å². The molecule has 0 spiro atoms. The molecule has 2 rings (SSSR count). The lowest BCUT2D eigenvalue weighted by Crippen LogP contribution is -1.95. The predicted molar refractivity (Wildman–Crippen MR) is 74.8 cm³/mol. The van der Waals surface area contributed by atoms with Crippen molar-refractivity contribution in [2.45, 2.75) is 26.7 Å². The standard InChI is InChI=1S/C17H19O/c1-13-3-8-17(14(2)11-13)12-16-6-4-15(5-7-16)9-10-18/h3-7,11,18H,9-10,12H2,1-2H3. The van der Waals surface area contributed by atoms with Crippen molar-refractivity contribution < 1.29 is 5.11 Å². The van der Waals surface area contributed by atoms with Crippen LogP contribution < -0.4 is 0 Å². The third-order valence-electron chi connectivity index (χ3n) is 3.20. The van der Waals surface area contributed by atoms with Gasteiger partial charge in [0.2, 0.25) is 0 Å². The molecule has 0 aliphatic carbocycles. The summed E-state index contributed by atoms with van der Waals surface area (Å²) in [6.07, 6.45) is 1.65. The van der Waals surface area contributed by atoms with E-state index in [9.17, 15) is 0 Å². The van der Waals surface area contributed by atoms with Gasteiger partial charge >= 0.3 is 0 Å². The van der Waals surface area contributed by atoms with Crippen LogP contribution in [0.4, 0.5) is 0 Å². The smallest absolute Gasteiger partial charge is 0.0471 e. The summed E-state index contributed by atoms with van der Waals surface area (Å²) in [5.74, 6) is 0. The van der Waals surface area contributed by atoms with E-state index in [1.54, 1.807) is 0 Å². The first-order valence-electron chi connectivity index (χ1n) is 6.35. The number of hydrogen-bond donors (Lipinski definition) is 1. The minimum absolute atomic E-state index is 0.212. The fourth-order valence-corrected chi connectivity index (χ4v) is 2.13. The van der Waals surface area contributed by atoms with E-state index in [2.05, 4.69) is 50.2 Å². The van der Waals surface area contributed by atoms with E-state index in [0.717, 1.165) is 12.8 Å². The van der Waals surface area contributed by atoms with Crippen molar-refractivity contribution in [2.75, 3.05) is 6.61 Å². The summed E-state index contributed by atoms with van der Waals surface area (Å²) in [4.78, 5) is 0. The van der Waals surface area contributed by atoms with Gasteiger partial charge in [0.25, 0.3) is 0 Å². The predicted octanol–water partition coefficient (Wildman–Crippen LogP) is 3.23. The highest BCUT2D eigenvalue weighted by Gasteiger charge is 2.01. The molecule has 1 nitrogen and oxygen atoms in total. The monoisotopic (exact) mass is 239 g/mol. The summed E-state index contributed by atoms with van der Waals surface area (Å²) >= 11 is 0. The Morgan fingerprint density at radius 1 is 1.06 bits per heavy atom. The number of hydrogen-bond acceptors (Lipinski definition) is 1. The van der Waals surface area contributed by atoms with Crippen LogP contribution in [-0.2, 0) is 12.8 Å². The summed E-state index contributed by atoms with van der Waals surface area (Å²) in [5.41, 5.74) is 6.30. The van der Waals surface area contributed by atoms with Gasteiger partial charge in [-0.1, -0.05) is 42.0 Å². The molecule has 18 heavy (non-hydrogen) atoms. The van der Waals surface area contributed by atoms with Gasteiger partial charge in [-0.2, -0.15) is 0 Å². The highest BCUT2D eigenvalue weighted by Crippen LogP contribution is 2.15. The van der Waals surface area contributed by atoms with Crippen LogP contribution in [0.15, 0.2) is 36.4 Å². The van der Waals surface area contributed by atoms with Gasteiger partial charge in [-0.05, 0) is 55.0 Å². The van der Waals surface area contributed by atoms with Gasteiger partial charge < -0.3 is 5.11 Å². The summed E-state index contributed by atoms with van der Waals surface area (Å²) in [6.45, 7) is 4.44. The van der Waals surface area contributed by atoms with Crippen LogP contribution in [0.1, 0.15) is 27.8 Å².